The minimum Gasteiger partial charge on any atom is -0.326 e. The lowest BCUT2D eigenvalue weighted by molar-refractivity contribution is -0.124. The standard InChI is InChI=1S/C20H21ClN4O3S/c1-12-7-8-14(11-13(12)2)22-17(26)9-10-18(27)24-25-20(29)23-19(28)15-5-3-4-6-16(15)21/h3-8,11H,9-10H2,1-2H3,(H,22,26)(H,24,27)(H2,23,25,28,29). The van der Waals surface area contributed by atoms with Crippen molar-refractivity contribution in [1.29, 1.82) is 0 Å². The minimum absolute atomic E-state index is 0.000812. The molecular formula is C20H21ClN4O3S. The first kappa shape index (κ1) is 22.3. The largest absolute Gasteiger partial charge is 0.326 e. The molecule has 9 heteroatoms. The molecule has 0 aliphatic rings. The number of hydrazine groups is 1. The van der Waals surface area contributed by atoms with Crippen LogP contribution < -0.4 is 21.5 Å². The van der Waals surface area contributed by atoms with Gasteiger partial charge in [0.15, 0.2) is 5.11 Å². The van der Waals surface area contributed by atoms with Crippen LogP contribution in [0.2, 0.25) is 5.02 Å². The molecule has 4 N–H and O–H groups in total. The highest BCUT2D eigenvalue weighted by molar-refractivity contribution is 7.80. The monoisotopic (exact) mass is 432 g/mol. The van der Waals surface area contributed by atoms with Gasteiger partial charge in [-0.2, -0.15) is 0 Å². The van der Waals surface area contributed by atoms with E-state index in [2.05, 4.69) is 21.5 Å². The highest BCUT2D eigenvalue weighted by atomic mass is 35.5. The number of rotatable bonds is 5. The zero-order valence-electron chi connectivity index (χ0n) is 16.0. The fraction of sp³-hybridized carbons (Fsp3) is 0.200. The van der Waals surface area contributed by atoms with E-state index in [4.69, 9.17) is 23.8 Å². The molecule has 0 radical (unpaired) electrons. The molecule has 0 unspecified atom stereocenters. The fourth-order valence-corrected chi connectivity index (χ4v) is 2.67. The van der Waals surface area contributed by atoms with Gasteiger partial charge in [-0.05, 0) is 61.5 Å². The second kappa shape index (κ2) is 10.5. The molecule has 29 heavy (non-hydrogen) atoms. The smallest absolute Gasteiger partial charge is 0.258 e. The maximum atomic E-state index is 12.1. The van der Waals surface area contributed by atoms with Crippen molar-refractivity contribution in [3.05, 3.63) is 64.2 Å². The highest BCUT2D eigenvalue weighted by Crippen LogP contribution is 2.15. The molecule has 3 amide bonds. The molecule has 2 aromatic rings. The van der Waals surface area contributed by atoms with Gasteiger partial charge in [-0.3, -0.25) is 30.6 Å². The van der Waals surface area contributed by atoms with Gasteiger partial charge >= 0.3 is 0 Å². The summed E-state index contributed by atoms with van der Waals surface area (Å²) in [4.78, 5) is 35.9. The molecule has 2 rings (SSSR count). The lowest BCUT2D eigenvalue weighted by Crippen LogP contribution is -2.48. The van der Waals surface area contributed by atoms with Crippen molar-refractivity contribution in [2.24, 2.45) is 0 Å². The molecule has 0 heterocycles. The van der Waals surface area contributed by atoms with Gasteiger partial charge < -0.3 is 5.32 Å². The number of carbonyl (C=O) groups excluding carboxylic acids is 3. The Morgan fingerprint density at radius 2 is 1.62 bits per heavy atom. The van der Waals surface area contributed by atoms with Crippen molar-refractivity contribution in [3.8, 4) is 0 Å². The van der Waals surface area contributed by atoms with Crippen LogP contribution in [0.3, 0.4) is 0 Å². The number of anilines is 1. The van der Waals surface area contributed by atoms with Crippen molar-refractivity contribution in [3.63, 3.8) is 0 Å². The van der Waals surface area contributed by atoms with E-state index in [0.29, 0.717) is 5.69 Å². The Morgan fingerprint density at radius 1 is 0.931 bits per heavy atom. The van der Waals surface area contributed by atoms with Crippen LogP contribution in [0.1, 0.15) is 34.3 Å². The number of amides is 3. The van der Waals surface area contributed by atoms with Crippen LogP contribution in [0, 0.1) is 13.8 Å². The van der Waals surface area contributed by atoms with Crippen molar-refractivity contribution in [1.82, 2.24) is 16.2 Å². The molecular weight excluding hydrogens is 412 g/mol. The van der Waals surface area contributed by atoms with Crippen LogP contribution in [0.5, 0.6) is 0 Å². The third kappa shape index (κ3) is 7.17. The Balaban J connectivity index is 1.71. The van der Waals surface area contributed by atoms with E-state index in [1.54, 1.807) is 24.3 Å². The Labute approximate surface area is 179 Å². The maximum Gasteiger partial charge on any atom is 0.258 e. The second-order valence-corrected chi connectivity index (χ2v) is 7.10. The lowest BCUT2D eigenvalue weighted by Gasteiger charge is -2.11. The van der Waals surface area contributed by atoms with Crippen LogP contribution in [-0.4, -0.2) is 22.8 Å². The van der Waals surface area contributed by atoms with E-state index in [-0.39, 0.29) is 34.4 Å². The second-order valence-electron chi connectivity index (χ2n) is 6.28. The minimum atomic E-state index is -0.505. The molecule has 0 saturated heterocycles. The third-order valence-electron chi connectivity index (χ3n) is 4.03. The van der Waals surface area contributed by atoms with Gasteiger partial charge in [0.1, 0.15) is 0 Å². The van der Waals surface area contributed by atoms with E-state index < -0.39 is 11.8 Å². The number of nitrogens with one attached hydrogen (secondary N) is 4. The quantitative estimate of drug-likeness (QED) is 0.430. The average Bonchev–Trinajstić information content (AvgIpc) is 2.68. The molecule has 0 fully saturated rings. The molecule has 152 valence electrons. The summed E-state index contributed by atoms with van der Waals surface area (Å²) in [6.45, 7) is 3.94. The van der Waals surface area contributed by atoms with Gasteiger partial charge in [0.25, 0.3) is 5.91 Å². The molecule has 0 spiro atoms. The third-order valence-corrected chi connectivity index (χ3v) is 4.56. The van der Waals surface area contributed by atoms with Crippen molar-refractivity contribution in [2.45, 2.75) is 26.7 Å². The Morgan fingerprint density at radius 3 is 2.31 bits per heavy atom. The summed E-state index contributed by atoms with van der Waals surface area (Å²) in [6, 6.07) is 12.1. The summed E-state index contributed by atoms with van der Waals surface area (Å²) in [6.07, 6.45) is -0.0517. The van der Waals surface area contributed by atoms with Crippen LogP contribution in [-0.2, 0) is 9.59 Å². The zero-order chi connectivity index (χ0) is 21.4. The number of benzene rings is 2. The lowest BCUT2D eigenvalue weighted by atomic mass is 10.1. The highest BCUT2D eigenvalue weighted by Gasteiger charge is 2.12. The predicted octanol–water partition coefficient (Wildman–Crippen LogP) is 3.01. The van der Waals surface area contributed by atoms with Crippen LogP contribution >= 0.6 is 23.8 Å². The molecule has 0 bridgehead atoms. The Kier molecular flexibility index (Phi) is 8.11. The summed E-state index contributed by atoms with van der Waals surface area (Å²) < 4.78 is 0. The topological polar surface area (TPSA) is 99.3 Å². The summed E-state index contributed by atoms with van der Waals surface area (Å²) in [7, 11) is 0. The number of carbonyl (C=O) groups is 3. The fourth-order valence-electron chi connectivity index (χ4n) is 2.31. The van der Waals surface area contributed by atoms with Crippen LogP contribution in [0.15, 0.2) is 42.5 Å². The molecule has 7 nitrogen and oxygen atoms in total. The molecule has 0 saturated carbocycles. The van der Waals surface area contributed by atoms with Gasteiger partial charge in [-0.1, -0.05) is 29.8 Å². The number of hydrogen-bond acceptors (Lipinski definition) is 4. The summed E-state index contributed by atoms with van der Waals surface area (Å²) in [5.74, 6) is -1.23. The van der Waals surface area contributed by atoms with E-state index in [9.17, 15) is 14.4 Å². The number of halogens is 1. The summed E-state index contributed by atoms with van der Waals surface area (Å²) in [5.41, 5.74) is 7.88. The van der Waals surface area contributed by atoms with E-state index in [1.807, 2.05) is 32.0 Å². The van der Waals surface area contributed by atoms with E-state index in [1.165, 1.54) is 0 Å². The molecule has 0 aliphatic carbocycles. The summed E-state index contributed by atoms with van der Waals surface area (Å²) in [5, 5.41) is 5.34. The van der Waals surface area contributed by atoms with Crippen molar-refractivity contribution in [2.75, 3.05) is 5.32 Å². The van der Waals surface area contributed by atoms with Gasteiger partial charge in [-0.25, -0.2) is 0 Å². The molecule has 0 aromatic heterocycles. The zero-order valence-corrected chi connectivity index (χ0v) is 17.5. The molecule has 2 aromatic carbocycles. The van der Waals surface area contributed by atoms with Gasteiger partial charge in [0.05, 0.1) is 10.6 Å². The van der Waals surface area contributed by atoms with E-state index in [0.717, 1.165) is 11.1 Å². The van der Waals surface area contributed by atoms with Crippen molar-refractivity contribution < 1.29 is 14.4 Å². The summed E-state index contributed by atoms with van der Waals surface area (Å²) >= 11 is 10.9. The van der Waals surface area contributed by atoms with Gasteiger partial charge in [0, 0.05) is 18.5 Å². The molecule has 0 atom stereocenters. The maximum absolute atomic E-state index is 12.1. The van der Waals surface area contributed by atoms with Crippen LogP contribution in [0.4, 0.5) is 5.69 Å². The number of thiocarbonyl (C=S) groups is 1. The number of hydrogen-bond donors (Lipinski definition) is 4. The SMILES string of the molecule is Cc1ccc(NC(=O)CCC(=O)NNC(=S)NC(=O)c2ccccc2Cl)cc1C. The van der Waals surface area contributed by atoms with Gasteiger partial charge in [0.2, 0.25) is 11.8 Å². The predicted molar refractivity (Wildman–Crippen MR) is 117 cm³/mol. The van der Waals surface area contributed by atoms with Crippen molar-refractivity contribution >= 4 is 52.3 Å². The first-order valence-corrected chi connectivity index (χ1v) is 9.56. The first-order valence-electron chi connectivity index (χ1n) is 8.78. The van der Waals surface area contributed by atoms with Gasteiger partial charge in [-0.15, -0.1) is 0 Å². The first-order chi connectivity index (χ1) is 13.8. The Hall–Kier alpha value is -2.97. The molecule has 0 aliphatic heterocycles. The van der Waals surface area contributed by atoms with Crippen LogP contribution in [0.25, 0.3) is 0 Å². The number of aryl methyl sites for hydroxylation is 2. The Bertz CT molecular complexity index is 949. The van der Waals surface area contributed by atoms with E-state index >= 15 is 0 Å². The normalized spacial score (nSPS) is 10.0. The average molecular weight is 433 g/mol.